The van der Waals surface area contributed by atoms with E-state index in [0.717, 1.165) is 0 Å². The average molecular weight is 322 g/mol. The maximum Gasteiger partial charge on any atom is 0.155 e. The molecule has 1 aromatic carbocycles. The molecule has 0 fully saturated rings. The minimum Gasteiger partial charge on any atom is -0.491 e. The second-order valence-electron chi connectivity index (χ2n) is 3.92. The largest absolute Gasteiger partial charge is 0.491 e. The summed E-state index contributed by atoms with van der Waals surface area (Å²) in [6.45, 7) is 3.44. The van der Waals surface area contributed by atoms with Gasteiger partial charge in [0.25, 0.3) is 0 Å². The van der Waals surface area contributed by atoms with Gasteiger partial charge in [0, 0.05) is 5.69 Å². The van der Waals surface area contributed by atoms with Crippen molar-refractivity contribution >= 4 is 31.5 Å². The van der Waals surface area contributed by atoms with E-state index in [9.17, 15) is 8.42 Å². The predicted molar refractivity (Wildman–Crippen MR) is 73.0 cm³/mol. The number of halogens is 1. The van der Waals surface area contributed by atoms with Crippen LogP contribution in [0.25, 0.3) is 0 Å². The molecule has 0 aliphatic rings. The lowest BCUT2D eigenvalue weighted by molar-refractivity contribution is 0.338. The Kier molecular flexibility index (Phi) is 4.82. The number of hydrogen-bond donors (Lipinski definition) is 1. The van der Waals surface area contributed by atoms with Gasteiger partial charge in [-0.3, -0.25) is 0 Å². The summed E-state index contributed by atoms with van der Waals surface area (Å²) in [5.74, 6) is 0.565. The Bertz CT molecular complexity index is 485. The summed E-state index contributed by atoms with van der Waals surface area (Å²) in [7, 11) is -3.06. The Hall–Kier alpha value is -0.750. The van der Waals surface area contributed by atoms with Crippen molar-refractivity contribution in [1.82, 2.24) is 0 Å². The van der Waals surface area contributed by atoms with Crippen LogP contribution in [0.5, 0.6) is 5.75 Å². The summed E-state index contributed by atoms with van der Waals surface area (Å²) in [6.07, 6.45) is 0. The Balaban J connectivity index is 2.61. The quantitative estimate of drug-likeness (QED) is 0.844. The molecule has 1 aromatic rings. The SMILES string of the molecule is CC(C)S(=O)(=O)CCOc1cccc(N)c1Br. The first-order valence-electron chi connectivity index (χ1n) is 5.23. The molecular formula is C11H16BrNO3S. The molecule has 4 nitrogen and oxygen atoms in total. The van der Waals surface area contributed by atoms with Gasteiger partial charge in [-0.2, -0.15) is 0 Å². The lowest BCUT2D eigenvalue weighted by Crippen LogP contribution is -2.22. The third-order valence-electron chi connectivity index (χ3n) is 2.34. The van der Waals surface area contributed by atoms with Gasteiger partial charge in [-0.1, -0.05) is 6.07 Å². The van der Waals surface area contributed by atoms with Gasteiger partial charge in [0.2, 0.25) is 0 Å². The maximum atomic E-state index is 11.6. The standard InChI is InChI=1S/C11H16BrNO3S/c1-8(2)17(14,15)7-6-16-10-5-3-4-9(13)11(10)12/h3-5,8H,6-7,13H2,1-2H3. The number of anilines is 1. The minimum absolute atomic E-state index is 0.00586. The summed E-state index contributed by atoms with van der Waals surface area (Å²) >= 11 is 3.29. The molecule has 1 rings (SSSR count). The van der Waals surface area contributed by atoms with E-state index < -0.39 is 9.84 Å². The van der Waals surface area contributed by atoms with Gasteiger partial charge in [-0.05, 0) is 41.9 Å². The lowest BCUT2D eigenvalue weighted by atomic mass is 10.3. The van der Waals surface area contributed by atoms with E-state index in [4.69, 9.17) is 10.5 Å². The molecule has 0 amide bonds. The third-order valence-corrected chi connectivity index (χ3v) is 5.36. The molecule has 0 bridgehead atoms. The predicted octanol–water partition coefficient (Wildman–Crippen LogP) is 2.23. The number of nitrogen functional groups attached to an aromatic ring is 1. The molecule has 0 saturated heterocycles. The van der Waals surface area contributed by atoms with Crippen molar-refractivity contribution in [3.63, 3.8) is 0 Å². The Morgan fingerprint density at radius 3 is 2.65 bits per heavy atom. The van der Waals surface area contributed by atoms with Crippen molar-refractivity contribution in [2.75, 3.05) is 18.1 Å². The summed E-state index contributed by atoms with van der Waals surface area (Å²) in [5.41, 5.74) is 6.25. The minimum atomic E-state index is -3.06. The molecule has 96 valence electrons. The van der Waals surface area contributed by atoms with Gasteiger partial charge in [0.05, 0.1) is 15.5 Å². The van der Waals surface area contributed by atoms with Crippen LogP contribution in [0, 0.1) is 0 Å². The Morgan fingerprint density at radius 2 is 2.06 bits per heavy atom. The van der Waals surface area contributed by atoms with E-state index >= 15 is 0 Å². The van der Waals surface area contributed by atoms with Gasteiger partial charge < -0.3 is 10.5 Å². The van der Waals surface area contributed by atoms with Crippen LogP contribution in [0.4, 0.5) is 5.69 Å². The molecular weight excluding hydrogens is 306 g/mol. The molecule has 0 saturated carbocycles. The highest BCUT2D eigenvalue weighted by Crippen LogP contribution is 2.30. The maximum absolute atomic E-state index is 11.6. The highest BCUT2D eigenvalue weighted by molar-refractivity contribution is 9.10. The molecule has 2 N–H and O–H groups in total. The first-order chi connectivity index (χ1) is 7.84. The van der Waals surface area contributed by atoms with Crippen LogP contribution < -0.4 is 10.5 Å². The van der Waals surface area contributed by atoms with Gasteiger partial charge in [-0.25, -0.2) is 8.42 Å². The first kappa shape index (κ1) is 14.3. The third kappa shape index (κ3) is 3.89. The van der Waals surface area contributed by atoms with Gasteiger partial charge >= 0.3 is 0 Å². The fourth-order valence-electron chi connectivity index (χ4n) is 1.14. The van der Waals surface area contributed by atoms with E-state index in [0.29, 0.717) is 15.9 Å². The van der Waals surface area contributed by atoms with E-state index in [1.54, 1.807) is 32.0 Å². The van der Waals surface area contributed by atoms with Crippen molar-refractivity contribution in [3.8, 4) is 5.75 Å². The van der Waals surface area contributed by atoms with Crippen LogP contribution in [-0.2, 0) is 9.84 Å². The Morgan fingerprint density at radius 1 is 1.41 bits per heavy atom. The number of sulfone groups is 1. The van der Waals surface area contributed by atoms with Crippen LogP contribution in [-0.4, -0.2) is 26.0 Å². The zero-order valence-corrected chi connectivity index (χ0v) is 12.2. The smallest absolute Gasteiger partial charge is 0.155 e. The highest BCUT2D eigenvalue weighted by Gasteiger charge is 2.16. The fourth-order valence-corrected chi connectivity index (χ4v) is 2.31. The molecule has 0 spiro atoms. The van der Waals surface area contributed by atoms with E-state index in [1.165, 1.54) is 0 Å². The molecule has 0 radical (unpaired) electrons. The number of ether oxygens (including phenoxy) is 1. The first-order valence-corrected chi connectivity index (χ1v) is 7.74. The highest BCUT2D eigenvalue weighted by atomic mass is 79.9. The Labute approximate surface area is 110 Å². The molecule has 0 unspecified atom stereocenters. The molecule has 0 aromatic heterocycles. The number of nitrogens with two attached hydrogens (primary N) is 1. The van der Waals surface area contributed by atoms with Crippen molar-refractivity contribution in [1.29, 1.82) is 0 Å². The molecule has 0 aliphatic heterocycles. The van der Waals surface area contributed by atoms with E-state index in [-0.39, 0.29) is 17.6 Å². The summed E-state index contributed by atoms with van der Waals surface area (Å²) in [4.78, 5) is 0. The molecule has 0 atom stereocenters. The number of benzene rings is 1. The molecule has 17 heavy (non-hydrogen) atoms. The lowest BCUT2D eigenvalue weighted by Gasteiger charge is -2.11. The van der Waals surface area contributed by atoms with Crippen LogP contribution in [0.2, 0.25) is 0 Å². The summed E-state index contributed by atoms with van der Waals surface area (Å²) in [6, 6.07) is 5.23. The molecule has 0 heterocycles. The fraction of sp³-hybridized carbons (Fsp3) is 0.455. The van der Waals surface area contributed by atoms with Crippen molar-refractivity contribution in [3.05, 3.63) is 22.7 Å². The normalized spacial score (nSPS) is 11.8. The van der Waals surface area contributed by atoms with E-state index in [2.05, 4.69) is 15.9 Å². The average Bonchev–Trinajstić information content (AvgIpc) is 2.24. The zero-order valence-electron chi connectivity index (χ0n) is 9.81. The molecule has 6 heteroatoms. The van der Waals surface area contributed by atoms with E-state index in [1.807, 2.05) is 0 Å². The van der Waals surface area contributed by atoms with Gasteiger partial charge in [-0.15, -0.1) is 0 Å². The number of rotatable bonds is 5. The van der Waals surface area contributed by atoms with Crippen molar-refractivity contribution in [2.24, 2.45) is 0 Å². The van der Waals surface area contributed by atoms with Crippen LogP contribution in [0.1, 0.15) is 13.8 Å². The monoisotopic (exact) mass is 321 g/mol. The van der Waals surface area contributed by atoms with Crippen molar-refractivity contribution in [2.45, 2.75) is 19.1 Å². The second kappa shape index (κ2) is 5.73. The molecule has 0 aliphatic carbocycles. The van der Waals surface area contributed by atoms with Crippen LogP contribution >= 0.6 is 15.9 Å². The zero-order chi connectivity index (χ0) is 13.1. The summed E-state index contributed by atoms with van der Waals surface area (Å²) < 4.78 is 29.2. The van der Waals surface area contributed by atoms with Gasteiger partial charge in [0.1, 0.15) is 12.4 Å². The van der Waals surface area contributed by atoms with Gasteiger partial charge in [0.15, 0.2) is 9.84 Å². The topological polar surface area (TPSA) is 69.4 Å². The van der Waals surface area contributed by atoms with Crippen LogP contribution in [0.3, 0.4) is 0 Å². The van der Waals surface area contributed by atoms with Crippen molar-refractivity contribution < 1.29 is 13.2 Å². The number of hydrogen-bond acceptors (Lipinski definition) is 4. The van der Waals surface area contributed by atoms with Crippen LogP contribution in [0.15, 0.2) is 22.7 Å². The summed E-state index contributed by atoms with van der Waals surface area (Å²) in [5, 5.41) is -0.379. The second-order valence-corrected chi connectivity index (χ2v) is 7.39.